The van der Waals surface area contributed by atoms with E-state index in [-0.39, 0.29) is 23.6 Å². The van der Waals surface area contributed by atoms with E-state index in [4.69, 9.17) is 9.47 Å². The van der Waals surface area contributed by atoms with Crippen LogP contribution in [0.3, 0.4) is 0 Å². The van der Waals surface area contributed by atoms with Crippen LogP contribution in [0.2, 0.25) is 0 Å². The van der Waals surface area contributed by atoms with Crippen molar-refractivity contribution in [1.82, 2.24) is 0 Å². The highest BCUT2D eigenvalue weighted by Crippen LogP contribution is 2.48. The van der Waals surface area contributed by atoms with E-state index in [1.54, 1.807) is 7.11 Å². The van der Waals surface area contributed by atoms with Gasteiger partial charge in [0, 0.05) is 19.4 Å². The first-order valence-corrected chi connectivity index (χ1v) is 6.31. The molecule has 2 saturated carbocycles. The number of esters is 1. The van der Waals surface area contributed by atoms with E-state index in [9.17, 15) is 9.59 Å². The Morgan fingerprint density at radius 2 is 2.06 bits per heavy atom. The highest BCUT2D eigenvalue weighted by molar-refractivity contribution is 5.85. The molecule has 4 nitrogen and oxygen atoms in total. The number of rotatable bonds is 2. The SMILES string of the molecule is COC(=O)C1CCCC2C(=O)CCCC21OC. The zero-order chi connectivity index (χ0) is 12.5. The number of methoxy groups -OCH3 is 2. The molecule has 0 amide bonds. The summed E-state index contributed by atoms with van der Waals surface area (Å²) in [5.74, 6) is -0.363. The second-order valence-corrected chi connectivity index (χ2v) is 5.04. The first kappa shape index (κ1) is 12.6. The minimum absolute atomic E-state index is 0.112. The maximum Gasteiger partial charge on any atom is 0.311 e. The summed E-state index contributed by atoms with van der Waals surface area (Å²) in [7, 11) is 3.02. The van der Waals surface area contributed by atoms with Crippen LogP contribution in [0.5, 0.6) is 0 Å². The van der Waals surface area contributed by atoms with Crippen LogP contribution in [0.1, 0.15) is 38.5 Å². The van der Waals surface area contributed by atoms with Crippen LogP contribution in [-0.4, -0.2) is 31.6 Å². The zero-order valence-corrected chi connectivity index (χ0v) is 10.5. The maximum atomic E-state index is 12.0. The third kappa shape index (κ3) is 1.88. The van der Waals surface area contributed by atoms with Crippen LogP contribution >= 0.6 is 0 Å². The van der Waals surface area contributed by atoms with Gasteiger partial charge in [-0.15, -0.1) is 0 Å². The van der Waals surface area contributed by atoms with Gasteiger partial charge >= 0.3 is 5.97 Å². The van der Waals surface area contributed by atoms with Gasteiger partial charge in [-0.05, 0) is 25.7 Å². The molecule has 0 spiro atoms. The summed E-state index contributed by atoms with van der Waals surface area (Å²) in [5.41, 5.74) is -0.597. The lowest BCUT2D eigenvalue weighted by Gasteiger charge is -2.49. The number of ketones is 1. The Labute approximate surface area is 102 Å². The molecule has 0 bridgehead atoms. The Bertz CT molecular complexity index is 325. The van der Waals surface area contributed by atoms with E-state index >= 15 is 0 Å². The van der Waals surface area contributed by atoms with Crippen molar-refractivity contribution in [2.24, 2.45) is 11.8 Å². The van der Waals surface area contributed by atoms with Crippen molar-refractivity contribution in [2.75, 3.05) is 14.2 Å². The van der Waals surface area contributed by atoms with E-state index in [2.05, 4.69) is 0 Å². The van der Waals surface area contributed by atoms with Gasteiger partial charge in [-0.3, -0.25) is 9.59 Å². The van der Waals surface area contributed by atoms with Crippen molar-refractivity contribution in [3.63, 3.8) is 0 Å². The monoisotopic (exact) mass is 240 g/mol. The van der Waals surface area contributed by atoms with Crippen LogP contribution in [0.4, 0.5) is 0 Å². The predicted molar refractivity (Wildman–Crippen MR) is 61.4 cm³/mol. The zero-order valence-electron chi connectivity index (χ0n) is 10.5. The maximum absolute atomic E-state index is 12.0. The van der Waals surface area contributed by atoms with Gasteiger partial charge in [-0.1, -0.05) is 6.42 Å². The van der Waals surface area contributed by atoms with Crippen molar-refractivity contribution in [3.8, 4) is 0 Å². The molecular formula is C13H20O4. The van der Waals surface area contributed by atoms with Crippen molar-refractivity contribution in [2.45, 2.75) is 44.1 Å². The third-order valence-electron chi connectivity index (χ3n) is 4.41. The molecule has 4 heteroatoms. The molecule has 0 aliphatic heterocycles. The van der Waals surface area contributed by atoms with E-state index in [1.165, 1.54) is 7.11 Å². The lowest BCUT2D eigenvalue weighted by atomic mass is 9.61. The molecule has 0 N–H and O–H groups in total. The van der Waals surface area contributed by atoms with Crippen molar-refractivity contribution in [1.29, 1.82) is 0 Å². The first-order chi connectivity index (χ1) is 8.15. The Hall–Kier alpha value is -0.900. The molecular weight excluding hydrogens is 220 g/mol. The molecule has 3 unspecified atom stereocenters. The van der Waals surface area contributed by atoms with Gasteiger partial charge in [-0.2, -0.15) is 0 Å². The molecule has 2 rings (SSSR count). The van der Waals surface area contributed by atoms with Crippen LogP contribution in [0.15, 0.2) is 0 Å². The molecule has 0 heterocycles. The molecule has 0 aromatic rings. The molecule has 0 saturated heterocycles. The summed E-state index contributed by atoms with van der Waals surface area (Å²) in [6.45, 7) is 0. The molecule has 0 aromatic heterocycles. The molecule has 0 aromatic carbocycles. The van der Waals surface area contributed by atoms with Crippen molar-refractivity contribution < 1.29 is 19.1 Å². The summed E-state index contributed by atoms with van der Waals surface area (Å²) in [6.07, 6.45) is 4.76. The number of fused-ring (bicyclic) bond motifs is 1. The van der Waals surface area contributed by atoms with Gasteiger partial charge in [-0.25, -0.2) is 0 Å². The number of Topliss-reactive ketones (excluding diaryl/α,β-unsaturated/α-hetero) is 1. The second kappa shape index (κ2) is 4.77. The Morgan fingerprint density at radius 3 is 2.71 bits per heavy atom. The average molecular weight is 240 g/mol. The molecule has 17 heavy (non-hydrogen) atoms. The topological polar surface area (TPSA) is 52.6 Å². The Balaban J connectivity index is 2.33. The molecule has 96 valence electrons. The second-order valence-electron chi connectivity index (χ2n) is 5.04. The summed E-state index contributed by atoms with van der Waals surface area (Å²) < 4.78 is 10.5. The van der Waals surface area contributed by atoms with Crippen LogP contribution in [0.25, 0.3) is 0 Å². The van der Waals surface area contributed by atoms with E-state index in [0.29, 0.717) is 6.42 Å². The average Bonchev–Trinajstić information content (AvgIpc) is 2.37. The van der Waals surface area contributed by atoms with Gasteiger partial charge in [0.1, 0.15) is 5.78 Å². The van der Waals surface area contributed by atoms with Gasteiger partial charge in [0.25, 0.3) is 0 Å². The molecule has 2 fully saturated rings. The highest BCUT2D eigenvalue weighted by Gasteiger charge is 2.55. The fourth-order valence-corrected chi connectivity index (χ4v) is 3.60. The third-order valence-corrected chi connectivity index (χ3v) is 4.41. The van der Waals surface area contributed by atoms with E-state index in [0.717, 1.165) is 32.1 Å². The van der Waals surface area contributed by atoms with Crippen molar-refractivity contribution in [3.05, 3.63) is 0 Å². The normalized spacial score (nSPS) is 37.4. The lowest BCUT2D eigenvalue weighted by Crippen LogP contribution is -2.57. The summed E-state index contributed by atoms with van der Waals surface area (Å²) in [6, 6.07) is 0. The fourth-order valence-electron chi connectivity index (χ4n) is 3.60. The number of carbonyl (C=O) groups is 2. The minimum atomic E-state index is -0.597. The summed E-state index contributed by atoms with van der Waals surface area (Å²) in [4.78, 5) is 23.9. The smallest absolute Gasteiger partial charge is 0.311 e. The van der Waals surface area contributed by atoms with Crippen molar-refractivity contribution >= 4 is 11.8 Å². The summed E-state index contributed by atoms with van der Waals surface area (Å²) in [5, 5.41) is 0. The molecule has 2 aliphatic rings. The first-order valence-electron chi connectivity index (χ1n) is 6.31. The molecule has 0 radical (unpaired) electrons. The van der Waals surface area contributed by atoms with E-state index in [1.807, 2.05) is 0 Å². The number of hydrogen-bond donors (Lipinski definition) is 0. The number of carbonyl (C=O) groups excluding carboxylic acids is 2. The van der Waals surface area contributed by atoms with Crippen LogP contribution in [-0.2, 0) is 19.1 Å². The lowest BCUT2D eigenvalue weighted by molar-refractivity contribution is -0.182. The standard InChI is InChI=1S/C13H20O4/c1-16-12(15)10-6-3-5-9-11(14)7-4-8-13(9,10)17-2/h9-10H,3-8H2,1-2H3. The van der Waals surface area contributed by atoms with Crippen LogP contribution in [0, 0.1) is 11.8 Å². The van der Waals surface area contributed by atoms with Crippen LogP contribution < -0.4 is 0 Å². The number of hydrogen-bond acceptors (Lipinski definition) is 4. The highest BCUT2D eigenvalue weighted by atomic mass is 16.5. The quantitative estimate of drug-likeness (QED) is 0.689. The van der Waals surface area contributed by atoms with Gasteiger partial charge in [0.2, 0.25) is 0 Å². The Morgan fingerprint density at radius 1 is 1.29 bits per heavy atom. The molecule has 3 atom stereocenters. The fraction of sp³-hybridized carbons (Fsp3) is 0.846. The largest absolute Gasteiger partial charge is 0.469 e. The number of ether oxygens (including phenoxy) is 2. The Kier molecular flexibility index (Phi) is 3.52. The van der Waals surface area contributed by atoms with Gasteiger partial charge in [0.05, 0.1) is 18.6 Å². The minimum Gasteiger partial charge on any atom is -0.469 e. The van der Waals surface area contributed by atoms with Gasteiger partial charge in [0.15, 0.2) is 0 Å². The van der Waals surface area contributed by atoms with Gasteiger partial charge < -0.3 is 9.47 Å². The molecule has 2 aliphatic carbocycles. The predicted octanol–water partition coefficient (Wildman–Crippen LogP) is 1.71. The van der Waals surface area contributed by atoms with E-state index < -0.39 is 5.60 Å². The summed E-state index contributed by atoms with van der Waals surface area (Å²) >= 11 is 0.